The Morgan fingerprint density at radius 3 is 2.74 bits per heavy atom. The van der Waals surface area contributed by atoms with Crippen LogP contribution in [0.15, 0.2) is 53.6 Å². The standard InChI is InChI=1S/C28H28ClN7O2/c1-16-23(12-19(29)14-31-16)27(37)32-20-7-5-18(6-8-20)15-35-25-4-3-11-30-26(25)36(28(35)38)21-9-10-24-22(13-21)17(2)33-34-24/h3-4,9-14,18,20H,5-8,15H2,1-2H3,(H,32,37)(H,33,34)/t18-,20-. The molecule has 4 heterocycles. The predicted octanol–water partition coefficient (Wildman–Crippen LogP) is 4.72. The number of pyridine rings is 2. The number of nitrogens with zero attached hydrogens (tertiary/aromatic N) is 5. The Balaban J connectivity index is 1.21. The van der Waals surface area contributed by atoms with Gasteiger partial charge in [-0.15, -0.1) is 0 Å². The fourth-order valence-corrected chi connectivity index (χ4v) is 5.67. The van der Waals surface area contributed by atoms with Crippen molar-refractivity contribution >= 4 is 39.6 Å². The topological polar surface area (TPSA) is 110 Å². The Kier molecular flexibility index (Phi) is 6.23. The van der Waals surface area contributed by atoms with Crippen molar-refractivity contribution in [2.24, 2.45) is 5.92 Å². The normalized spacial score (nSPS) is 17.8. The summed E-state index contributed by atoms with van der Waals surface area (Å²) in [6.07, 6.45) is 6.80. The highest BCUT2D eigenvalue weighted by molar-refractivity contribution is 6.30. The quantitative estimate of drug-likeness (QED) is 0.342. The lowest BCUT2D eigenvalue weighted by atomic mass is 9.85. The van der Waals surface area contributed by atoms with E-state index in [-0.39, 0.29) is 17.6 Å². The first kappa shape index (κ1) is 24.4. The van der Waals surface area contributed by atoms with E-state index in [1.165, 1.54) is 0 Å². The molecule has 0 radical (unpaired) electrons. The van der Waals surface area contributed by atoms with Gasteiger partial charge >= 0.3 is 5.69 Å². The van der Waals surface area contributed by atoms with Gasteiger partial charge in [-0.05, 0) is 81.8 Å². The molecule has 38 heavy (non-hydrogen) atoms. The third-order valence-corrected chi connectivity index (χ3v) is 7.81. The van der Waals surface area contributed by atoms with E-state index in [2.05, 4.69) is 25.5 Å². The van der Waals surface area contributed by atoms with Gasteiger partial charge < -0.3 is 5.32 Å². The summed E-state index contributed by atoms with van der Waals surface area (Å²) in [6, 6.07) is 11.4. The van der Waals surface area contributed by atoms with Gasteiger partial charge in [0.15, 0.2) is 5.65 Å². The predicted molar refractivity (Wildman–Crippen MR) is 147 cm³/mol. The van der Waals surface area contributed by atoms with Crippen LogP contribution in [0.25, 0.3) is 27.8 Å². The minimum Gasteiger partial charge on any atom is -0.349 e. The summed E-state index contributed by atoms with van der Waals surface area (Å²) in [6.45, 7) is 4.36. The number of fused-ring (bicyclic) bond motifs is 2. The zero-order valence-corrected chi connectivity index (χ0v) is 22.0. The Morgan fingerprint density at radius 1 is 1.11 bits per heavy atom. The highest BCUT2D eigenvalue weighted by atomic mass is 35.5. The third kappa shape index (κ3) is 4.36. The zero-order chi connectivity index (χ0) is 26.4. The molecule has 5 aromatic rings. The fraction of sp³-hybridized carbons (Fsp3) is 0.321. The molecule has 0 saturated heterocycles. The van der Waals surface area contributed by atoms with Crippen molar-refractivity contribution in [2.45, 2.75) is 52.1 Å². The first-order valence-corrected chi connectivity index (χ1v) is 13.2. The summed E-state index contributed by atoms with van der Waals surface area (Å²) in [7, 11) is 0. The first-order chi connectivity index (χ1) is 18.4. The van der Waals surface area contributed by atoms with E-state index in [0.29, 0.717) is 34.4 Å². The molecule has 1 aliphatic carbocycles. The summed E-state index contributed by atoms with van der Waals surface area (Å²) in [5, 5.41) is 11.9. The van der Waals surface area contributed by atoms with Gasteiger partial charge in [0.2, 0.25) is 0 Å². The maximum Gasteiger partial charge on any atom is 0.334 e. The maximum absolute atomic E-state index is 13.7. The van der Waals surface area contributed by atoms with E-state index < -0.39 is 0 Å². The van der Waals surface area contributed by atoms with Crippen LogP contribution in [0.4, 0.5) is 0 Å². The molecule has 4 aromatic heterocycles. The number of H-pyrrole nitrogens is 1. The highest BCUT2D eigenvalue weighted by Gasteiger charge is 2.26. The van der Waals surface area contributed by atoms with Crippen molar-refractivity contribution in [3.8, 4) is 5.69 Å². The van der Waals surface area contributed by atoms with Crippen LogP contribution >= 0.6 is 11.6 Å². The van der Waals surface area contributed by atoms with Crippen molar-refractivity contribution in [3.05, 3.63) is 81.3 Å². The van der Waals surface area contributed by atoms with E-state index in [4.69, 9.17) is 11.6 Å². The van der Waals surface area contributed by atoms with Gasteiger partial charge in [-0.3, -0.25) is 19.4 Å². The van der Waals surface area contributed by atoms with Gasteiger partial charge in [-0.1, -0.05) is 11.6 Å². The van der Waals surface area contributed by atoms with E-state index in [1.54, 1.807) is 30.0 Å². The number of hydrogen-bond donors (Lipinski definition) is 2. The van der Waals surface area contributed by atoms with Crippen molar-refractivity contribution < 1.29 is 4.79 Å². The van der Waals surface area contributed by atoms with E-state index >= 15 is 0 Å². The van der Waals surface area contributed by atoms with Gasteiger partial charge in [0.05, 0.1) is 38.7 Å². The van der Waals surface area contributed by atoms with Crippen LogP contribution in [-0.2, 0) is 6.54 Å². The van der Waals surface area contributed by atoms with Crippen LogP contribution in [0.5, 0.6) is 0 Å². The van der Waals surface area contributed by atoms with Crippen LogP contribution in [0, 0.1) is 19.8 Å². The molecule has 6 rings (SSSR count). The summed E-state index contributed by atoms with van der Waals surface area (Å²) in [4.78, 5) is 35.3. The number of aromatic nitrogens is 6. The van der Waals surface area contributed by atoms with Crippen molar-refractivity contribution in [2.75, 3.05) is 0 Å². The molecule has 10 heteroatoms. The first-order valence-electron chi connectivity index (χ1n) is 12.8. The number of carbonyl (C=O) groups is 1. The lowest BCUT2D eigenvalue weighted by Gasteiger charge is -2.29. The monoisotopic (exact) mass is 529 g/mol. The summed E-state index contributed by atoms with van der Waals surface area (Å²) >= 11 is 6.04. The second-order valence-corrected chi connectivity index (χ2v) is 10.5. The van der Waals surface area contributed by atoms with Gasteiger partial charge in [-0.25, -0.2) is 14.3 Å². The number of aromatic amines is 1. The summed E-state index contributed by atoms with van der Waals surface area (Å²) in [5.74, 6) is 0.185. The molecule has 1 saturated carbocycles. The Morgan fingerprint density at radius 2 is 1.92 bits per heavy atom. The van der Waals surface area contributed by atoms with Crippen LogP contribution in [-0.4, -0.2) is 41.2 Å². The molecule has 9 nitrogen and oxygen atoms in total. The molecule has 1 aliphatic rings. The molecule has 0 unspecified atom stereocenters. The van der Waals surface area contributed by atoms with E-state index in [0.717, 1.165) is 53.5 Å². The molecule has 194 valence electrons. The molecule has 1 fully saturated rings. The number of hydrogen-bond acceptors (Lipinski definition) is 5. The number of nitrogens with one attached hydrogen (secondary N) is 2. The minimum atomic E-state index is -0.142. The van der Waals surface area contributed by atoms with Crippen LogP contribution in [0.2, 0.25) is 5.02 Å². The molecule has 2 N–H and O–H groups in total. The number of imidazole rings is 1. The number of benzene rings is 1. The van der Waals surface area contributed by atoms with Crippen molar-refractivity contribution in [1.82, 2.24) is 34.6 Å². The number of rotatable bonds is 5. The van der Waals surface area contributed by atoms with E-state index in [1.807, 2.05) is 41.8 Å². The Bertz CT molecular complexity index is 1730. The number of halogens is 1. The smallest absolute Gasteiger partial charge is 0.334 e. The van der Waals surface area contributed by atoms with Crippen LogP contribution in [0.1, 0.15) is 47.4 Å². The minimum absolute atomic E-state index is 0.0850. The Hall–Kier alpha value is -3.98. The van der Waals surface area contributed by atoms with Gasteiger partial charge in [-0.2, -0.15) is 5.10 Å². The lowest BCUT2D eigenvalue weighted by molar-refractivity contribution is 0.0919. The van der Waals surface area contributed by atoms with Crippen LogP contribution in [0.3, 0.4) is 0 Å². The molecule has 1 aromatic carbocycles. The number of amides is 1. The van der Waals surface area contributed by atoms with Gasteiger partial charge in [0.1, 0.15) is 0 Å². The number of carbonyl (C=O) groups excluding carboxylic acids is 1. The van der Waals surface area contributed by atoms with E-state index in [9.17, 15) is 9.59 Å². The average molecular weight is 530 g/mol. The molecule has 0 bridgehead atoms. The molecule has 1 amide bonds. The van der Waals surface area contributed by atoms with Crippen molar-refractivity contribution in [1.29, 1.82) is 0 Å². The van der Waals surface area contributed by atoms with Crippen molar-refractivity contribution in [3.63, 3.8) is 0 Å². The molecule has 0 atom stereocenters. The molecule has 0 aliphatic heterocycles. The summed E-state index contributed by atoms with van der Waals surface area (Å²) in [5.41, 5.74) is 5.12. The SMILES string of the molecule is Cc1ncc(Cl)cc1C(=O)N[C@H]1CC[C@H](Cn2c(=O)n(-c3ccc4[nH]nc(C)c4c3)c3ncccc32)CC1. The second-order valence-electron chi connectivity index (χ2n) is 10.1. The molecular formula is C28H28ClN7O2. The number of aryl methyl sites for hydroxylation is 2. The van der Waals surface area contributed by atoms with Crippen LogP contribution < -0.4 is 11.0 Å². The molecule has 0 spiro atoms. The zero-order valence-electron chi connectivity index (χ0n) is 21.2. The largest absolute Gasteiger partial charge is 0.349 e. The van der Waals surface area contributed by atoms with Gasteiger partial charge in [0.25, 0.3) is 5.91 Å². The lowest BCUT2D eigenvalue weighted by Crippen LogP contribution is -2.39. The fourth-order valence-electron chi connectivity index (χ4n) is 5.52. The second kappa shape index (κ2) is 9.72. The Labute approximate surface area is 223 Å². The third-order valence-electron chi connectivity index (χ3n) is 7.61. The average Bonchev–Trinajstić information content (AvgIpc) is 3.43. The van der Waals surface area contributed by atoms with Gasteiger partial charge in [0, 0.05) is 30.4 Å². The maximum atomic E-state index is 13.7. The molecular weight excluding hydrogens is 502 g/mol. The summed E-state index contributed by atoms with van der Waals surface area (Å²) < 4.78 is 3.54. The highest BCUT2D eigenvalue weighted by Crippen LogP contribution is 2.28.